The highest BCUT2D eigenvalue weighted by Gasteiger charge is 2.47. The van der Waals surface area contributed by atoms with Gasteiger partial charge in [0, 0.05) is 49.3 Å². The van der Waals surface area contributed by atoms with Crippen molar-refractivity contribution < 1.29 is 37.7 Å². The first kappa shape index (κ1) is 38.6. The van der Waals surface area contributed by atoms with Gasteiger partial charge in [-0.25, -0.2) is 5.09 Å². The topological polar surface area (TPSA) is 156 Å². The Morgan fingerprint density at radius 1 is 1.00 bits per heavy atom. The summed E-state index contributed by atoms with van der Waals surface area (Å²) in [4.78, 5) is 62.3. The van der Waals surface area contributed by atoms with Crippen molar-refractivity contribution in [3.63, 3.8) is 0 Å². The molecule has 13 nitrogen and oxygen atoms in total. The standard InChI is InChI=1S/C40H46N5O8PS/c1-26(40(49)52-19-18-51-2)43-54(50,53-32-10-4-3-5-11-32)25-27-13-16-35-29(20-27)21-36(55-35)37(46)42-33-12-6-9-31-14-15-34(45(31)38(33)47)39(48)44-23-30(24-44)28-8-7-17-41-22-28/h3-5,7-8,10-11,13,16-17,20-22,26,30-31,33-34H,6,9,12,14-15,18-19,23-25H2,1-2H3,(H,42,46)(H,43,50)/t26-,31-,33-,34-,54?/m0/s1. The summed E-state index contributed by atoms with van der Waals surface area (Å²) in [6, 6.07) is 17.8. The van der Waals surface area contributed by atoms with Gasteiger partial charge in [0.2, 0.25) is 11.8 Å². The molecule has 0 bridgehead atoms. The molecule has 0 radical (unpaired) electrons. The van der Waals surface area contributed by atoms with Crippen molar-refractivity contribution in [2.45, 2.75) is 75.3 Å². The molecule has 3 fully saturated rings. The van der Waals surface area contributed by atoms with Crippen LogP contribution in [0.25, 0.3) is 10.1 Å². The number of hydrogen-bond acceptors (Lipinski definition) is 10. The third-order valence-electron chi connectivity index (χ3n) is 10.5. The van der Waals surface area contributed by atoms with Gasteiger partial charge in [-0.05, 0) is 91.9 Å². The molecule has 3 aliphatic rings. The molecule has 55 heavy (non-hydrogen) atoms. The minimum absolute atomic E-state index is 0.0119. The Kier molecular flexibility index (Phi) is 12.0. The summed E-state index contributed by atoms with van der Waals surface area (Å²) in [7, 11) is -2.21. The van der Waals surface area contributed by atoms with E-state index in [4.69, 9.17) is 14.0 Å². The number of fused-ring (bicyclic) bond motifs is 2. The molecule has 2 aromatic carbocycles. The fourth-order valence-corrected chi connectivity index (χ4v) is 10.7. The highest BCUT2D eigenvalue weighted by atomic mass is 32.1. The molecule has 15 heteroatoms. The maximum Gasteiger partial charge on any atom is 0.323 e. The number of nitrogens with one attached hydrogen (secondary N) is 2. The Morgan fingerprint density at radius 3 is 2.58 bits per heavy atom. The van der Waals surface area contributed by atoms with Gasteiger partial charge < -0.3 is 29.1 Å². The Hall–Kier alpha value is -4.62. The number of likely N-dealkylation sites (tertiary alicyclic amines) is 1. The second-order valence-corrected chi connectivity index (χ2v) is 17.6. The zero-order chi connectivity index (χ0) is 38.5. The lowest BCUT2D eigenvalue weighted by atomic mass is 9.92. The summed E-state index contributed by atoms with van der Waals surface area (Å²) in [5, 5.41) is 6.65. The molecule has 3 saturated heterocycles. The van der Waals surface area contributed by atoms with Crippen LogP contribution in [-0.2, 0) is 34.6 Å². The van der Waals surface area contributed by atoms with E-state index in [1.54, 1.807) is 48.4 Å². The van der Waals surface area contributed by atoms with Gasteiger partial charge in [0.25, 0.3) is 5.91 Å². The van der Waals surface area contributed by atoms with Crippen molar-refractivity contribution in [2.24, 2.45) is 0 Å². The smallest absolute Gasteiger partial charge is 0.323 e. The molecule has 4 aromatic rings. The third-order valence-corrected chi connectivity index (χ3v) is 13.7. The maximum absolute atomic E-state index is 14.3. The lowest BCUT2D eigenvalue weighted by Crippen LogP contribution is -2.58. The normalized spacial score (nSPS) is 21.6. The molecular formula is C40H46N5O8PS. The minimum atomic E-state index is -3.71. The van der Waals surface area contributed by atoms with Crippen molar-refractivity contribution in [1.29, 1.82) is 0 Å². The van der Waals surface area contributed by atoms with E-state index in [0.29, 0.717) is 42.1 Å². The van der Waals surface area contributed by atoms with Crippen molar-refractivity contribution in [3.8, 4) is 5.75 Å². The van der Waals surface area contributed by atoms with Crippen LogP contribution in [0.1, 0.15) is 65.7 Å². The SMILES string of the molecule is COCCOC(=O)[C@H](C)NP(=O)(Cc1ccc2sc(C(=O)N[C@H]3CCC[C@H]4CC[C@@H](C(=O)N5CC(c6cccnc6)C5)N4C3=O)cc2c1)Oc1ccccc1. The molecule has 0 saturated carbocycles. The summed E-state index contributed by atoms with van der Waals surface area (Å²) in [6.07, 6.45) is 7.00. The second-order valence-electron chi connectivity index (χ2n) is 14.4. The van der Waals surface area contributed by atoms with Gasteiger partial charge in [-0.3, -0.25) is 28.7 Å². The molecule has 7 rings (SSSR count). The summed E-state index contributed by atoms with van der Waals surface area (Å²) in [5.41, 5.74) is 1.78. The van der Waals surface area contributed by atoms with Gasteiger partial charge in [0.05, 0.1) is 17.6 Å². The van der Waals surface area contributed by atoms with Crippen LogP contribution in [0.2, 0.25) is 0 Å². The van der Waals surface area contributed by atoms with Crippen LogP contribution in [-0.4, -0.2) is 96.1 Å². The Morgan fingerprint density at radius 2 is 1.82 bits per heavy atom. The van der Waals surface area contributed by atoms with Crippen molar-refractivity contribution in [3.05, 3.63) is 95.1 Å². The van der Waals surface area contributed by atoms with Gasteiger partial charge in [-0.15, -0.1) is 11.3 Å². The molecule has 1 unspecified atom stereocenters. The molecular weight excluding hydrogens is 742 g/mol. The van der Waals surface area contributed by atoms with Gasteiger partial charge in [-0.1, -0.05) is 30.3 Å². The summed E-state index contributed by atoms with van der Waals surface area (Å²) >= 11 is 1.30. The summed E-state index contributed by atoms with van der Waals surface area (Å²) in [6.45, 7) is 3.09. The number of pyridine rings is 1. The molecule has 3 aliphatic heterocycles. The maximum atomic E-state index is 14.3. The van der Waals surface area contributed by atoms with Gasteiger partial charge in [-0.2, -0.15) is 0 Å². The van der Waals surface area contributed by atoms with E-state index in [2.05, 4.69) is 15.4 Å². The zero-order valence-electron chi connectivity index (χ0n) is 30.9. The van der Waals surface area contributed by atoms with Crippen LogP contribution in [0, 0.1) is 0 Å². The predicted molar refractivity (Wildman–Crippen MR) is 208 cm³/mol. The molecule has 5 heterocycles. The molecule has 0 aliphatic carbocycles. The summed E-state index contributed by atoms with van der Waals surface area (Å²) < 4.78 is 31.3. The number of ether oxygens (including phenoxy) is 2. The lowest BCUT2D eigenvalue weighted by molar-refractivity contribution is -0.148. The van der Waals surface area contributed by atoms with E-state index in [1.807, 2.05) is 47.5 Å². The average Bonchev–Trinajstić information content (AvgIpc) is 3.75. The molecule has 5 atom stereocenters. The Balaban J connectivity index is 1.01. The fourth-order valence-electron chi connectivity index (χ4n) is 7.66. The Labute approximate surface area is 324 Å². The summed E-state index contributed by atoms with van der Waals surface area (Å²) in [5.74, 6) is -0.532. The number of para-hydroxylation sites is 1. The number of amides is 3. The first-order valence-corrected chi connectivity index (χ1v) is 21.3. The number of carbonyl (C=O) groups is 4. The second kappa shape index (κ2) is 17.0. The van der Waals surface area contributed by atoms with E-state index >= 15 is 0 Å². The minimum Gasteiger partial charge on any atom is -0.462 e. The molecule has 2 N–H and O–H groups in total. The predicted octanol–water partition coefficient (Wildman–Crippen LogP) is 5.50. The zero-order valence-corrected chi connectivity index (χ0v) is 32.6. The van der Waals surface area contributed by atoms with E-state index in [1.165, 1.54) is 18.4 Å². The number of hydrogen-bond donors (Lipinski definition) is 2. The van der Waals surface area contributed by atoms with E-state index in [-0.39, 0.29) is 49.1 Å². The highest BCUT2D eigenvalue weighted by molar-refractivity contribution is 7.56. The van der Waals surface area contributed by atoms with Crippen molar-refractivity contribution >= 4 is 52.6 Å². The van der Waals surface area contributed by atoms with Crippen LogP contribution in [0.4, 0.5) is 0 Å². The van der Waals surface area contributed by atoms with Crippen molar-refractivity contribution in [1.82, 2.24) is 25.2 Å². The molecule has 0 spiro atoms. The number of esters is 1. The highest BCUT2D eigenvalue weighted by Crippen LogP contribution is 2.47. The van der Waals surface area contributed by atoms with Gasteiger partial charge >= 0.3 is 13.5 Å². The number of aromatic nitrogens is 1. The quantitative estimate of drug-likeness (QED) is 0.0951. The number of rotatable bonds is 14. The largest absolute Gasteiger partial charge is 0.462 e. The van der Waals surface area contributed by atoms with Crippen molar-refractivity contribution in [2.75, 3.05) is 33.4 Å². The third kappa shape index (κ3) is 8.94. The van der Waals surface area contributed by atoms with Crippen LogP contribution in [0.15, 0.2) is 79.1 Å². The Bertz CT molecular complexity index is 2060. The average molecular weight is 788 g/mol. The molecule has 3 amide bonds. The van der Waals surface area contributed by atoms with E-state index in [0.717, 1.165) is 34.9 Å². The first-order valence-electron chi connectivity index (χ1n) is 18.7. The van der Waals surface area contributed by atoms with Crippen LogP contribution in [0.5, 0.6) is 5.75 Å². The molecule has 2 aromatic heterocycles. The van der Waals surface area contributed by atoms with E-state index < -0.39 is 31.6 Å². The number of methoxy groups -OCH3 is 1. The fraction of sp³-hybridized carbons (Fsp3) is 0.425. The number of thiophene rings is 1. The number of carbonyl (C=O) groups excluding carboxylic acids is 4. The number of nitrogens with zero attached hydrogens (tertiary/aromatic N) is 3. The van der Waals surface area contributed by atoms with Crippen LogP contribution < -0.4 is 14.9 Å². The monoisotopic (exact) mass is 787 g/mol. The molecule has 290 valence electrons. The van der Waals surface area contributed by atoms with Crippen LogP contribution >= 0.6 is 18.9 Å². The number of benzene rings is 2. The van der Waals surface area contributed by atoms with Gasteiger partial charge in [0.1, 0.15) is 30.5 Å². The first-order chi connectivity index (χ1) is 26.6. The lowest BCUT2D eigenvalue weighted by Gasteiger charge is -2.42. The van der Waals surface area contributed by atoms with Crippen LogP contribution in [0.3, 0.4) is 0 Å². The van der Waals surface area contributed by atoms with Gasteiger partial charge in [0.15, 0.2) is 0 Å². The van der Waals surface area contributed by atoms with E-state index in [9.17, 15) is 23.7 Å².